The average molecular weight is 282 g/mol. The van der Waals surface area contributed by atoms with E-state index in [1.165, 1.54) is 6.08 Å². The summed E-state index contributed by atoms with van der Waals surface area (Å²) < 4.78 is 4.92. The molecule has 0 spiro atoms. The van der Waals surface area contributed by atoms with Gasteiger partial charge in [-0.25, -0.2) is 9.59 Å². The lowest BCUT2D eigenvalue weighted by Gasteiger charge is -2.21. The quantitative estimate of drug-likeness (QED) is 0.864. The van der Waals surface area contributed by atoms with Crippen LogP contribution < -0.4 is 4.90 Å². The maximum atomic E-state index is 11.9. The van der Waals surface area contributed by atoms with Crippen molar-refractivity contribution in [2.45, 2.75) is 12.5 Å². The minimum atomic E-state index is -1.08. The molecule has 0 fully saturated rings. The highest BCUT2D eigenvalue weighted by Crippen LogP contribution is 2.34. The van der Waals surface area contributed by atoms with Crippen molar-refractivity contribution >= 4 is 29.4 Å². The Hall–Kier alpha value is -2.01. The van der Waals surface area contributed by atoms with E-state index in [0.717, 1.165) is 10.5 Å². The van der Waals surface area contributed by atoms with Gasteiger partial charge < -0.3 is 9.84 Å². The van der Waals surface area contributed by atoms with Gasteiger partial charge in [0.1, 0.15) is 12.6 Å². The third kappa shape index (κ3) is 2.56. The van der Waals surface area contributed by atoms with Crippen LogP contribution in [0.5, 0.6) is 0 Å². The molecule has 6 heteroatoms. The van der Waals surface area contributed by atoms with Gasteiger partial charge in [-0.15, -0.1) is 0 Å². The summed E-state index contributed by atoms with van der Waals surface area (Å²) in [6.45, 7) is 3.47. The maximum Gasteiger partial charge on any atom is 0.415 e. The number of halogens is 1. The Morgan fingerprint density at radius 2 is 2.32 bits per heavy atom. The van der Waals surface area contributed by atoms with Crippen LogP contribution in [0.4, 0.5) is 10.5 Å². The topological polar surface area (TPSA) is 66.8 Å². The van der Waals surface area contributed by atoms with Crippen molar-refractivity contribution < 1.29 is 19.4 Å². The molecule has 2 rings (SSSR count). The van der Waals surface area contributed by atoms with Crippen molar-refractivity contribution in [3.8, 4) is 0 Å². The number of nitrogens with zero attached hydrogens (tertiary/aromatic N) is 1. The van der Waals surface area contributed by atoms with Gasteiger partial charge >= 0.3 is 12.1 Å². The second-order valence-corrected chi connectivity index (χ2v) is 4.50. The summed E-state index contributed by atoms with van der Waals surface area (Å²) in [7, 11) is 0. The van der Waals surface area contributed by atoms with Crippen molar-refractivity contribution in [3.05, 3.63) is 41.4 Å². The number of benzene rings is 1. The number of hydrogen-bond donors (Lipinski definition) is 1. The summed E-state index contributed by atoms with van der Waals surface area (Å²) in [6.07, 6.45) is 0.939. The number of carbonyl (C=O) groups is 2. The van der Waals surface area contributed by atoms with Gasteiger partial charge in [-0.05, 0) is 23.8 Å². The molecule has 0 saturated carbocycles. The summed E-state index contributed by atoms with van der Waals surface area (Å²) in [4.78, 5) is 24.3. The fraction of sp³-hybridized carbons (Fsp3) is 0.231. The van der Waals surface area contributed by atoms with Gasteiger partial charge in [0, 0.05) is 11.4 Å². The molecule has 5 nitrogen and oxygen atoms in total. The Balaban J connectivity index is 2.35. The van der Waals surface area contributed by atoms with E-state index >= 15 is 0 Å². The Morgan fingerprint density at radius 3 is 2.95 bits per heavy atom. The van der Waals surface area contributed by atoms with Crippen LogP contribution in [0.2, 0.25) is 5.02 Å². The van der Waals surface area contributed by atoms with E-state index in [0.29, 0.717) is 10.7 Å². The minimum Gasteiger partial charge on any atom is -0.480 e. The lowest BCUT2D eigenvalue weighted by molar-refractivity contribution is -0.138. The fourth-order valence-corrected chi connectivity index (χ4v) is 2.24. The minimum absolute atomic E-state index is 0.0323. The Kier molecular flexibility index (Phi) is 3.76. The van der Waals surface area contributed by atoms with Gasteiger partial charge in [0.25, 0.3) is 0 Å². The average Bonchev–Trinajstić information content (AvgIpc) is 2.74. The summed E-state index contributed by atoms with van der Waals surface area (Å²) in [6, 6.07) is 3.92. The van der Waals surface area contributed by atoms with Gasteiger partial charge in [0.15, 0.2) is 0 Å². The number of rotatable bonds is 3. The SMILES string of the molecule is C=CCOC(=O)N1c2ccc(Cl)cc2C[C@H]1C(=O)O. The number of carbonyl (C=O) groups excluding carboxylic acids is 1. The van der Waals surface area contributed by atoms with E-state index in [1.807, 2.05) is 0 Å². The van der Waals surface area contributed by atoms with Crippen LogP contribution in [-0.4, -0.2) is 29.8 Å². The second kappa shape index (κ2) is 5.32. The summed E-state index contributed by atoms with van der Waals surface area (Å²) in [5, 5.41) is 9.70. The van der Waals surface area contributed by atoms with Crippen molar-refractivity contribution in [3.63, 3.8) is 0 Å². The molecule has 1 aliphatic heterocycles. The lowest BCUT2D eigenvalue weighted by atomic mass is 10.1. The molecule has 0 aromatic heterocycles. The third-order valence-electron chi connectivity index (χ3n) is 2.83. The monoisotopic (exact) mass is 281 g/mol. The van der Waals surface area contributed by atoms with E-state index in [1.54, 1.807) is 18.2 Å². The molecule has 1 N–H and O–H groups in total. The smallest absolute Gasteiger partial charge is 0.415 e. The van der Waals surface area contributed by atoms with E-state index in [-0.39, 0.29) is 13.0 Å². The van der Waals surface area contributed by atoms with Crippen LogP contribution in [0.25, 0.3) is 0 Å². The summed E-state index contributed by atoms with van der Waals surface area (Å²) >= 11 is 5.87. The third-order valence-corrected chi connectivity index (χ3v) is 3.07. The molecule has 1 aromatic rings. The van der Waals surface area contributed by atoms with Crippen LogP contribution in [0.1, 0.15) is 5.56 Å². The number of aliphatic carboxylic acids is 1. The second-order valence-electron chi connectivity index (χ2n) is 4.07. The number of carboxylic acids is 1. The predicted octanol–water partition coefficient (Wildman–Crippen LogP) is 2.48. The van der Waals surface area contributed by atoms with Crippen molar-refractivity contribution in [2.75, 3.05) is 11.5 Å². The van der Waals surface area contributed by atoms with Crippen LogP contribution >= 0.6 is 11.6 Å². The van der Waals surface area contributed by atoms with Crippen LogP contribution in [0.3, 0.4) is 0 Å². The van der Waals surface area contributed by atoms with E-state index in [4.69, 9.17) is 16.3 Å². The number of hydrogen-bond acceptors (Lipinski definition) is 3. The van der Waals surface area contributed by atoms with Crippen LogP contribution in [-0.2, 0) is 16.0 Å². The Labute approximate surface area is 115 Å². The molecule has 0 aliphatic carbocycles. The maximum absolute atomic E-state index is 11.9. The molecule has 0 radical (unpaired) electrons. The van der Waals surface area contributed by atoms with Gasteiger partial charge in [-0.2, -0.15) is 0 Å². The molecule has 0 bridgehead atoms. The Bertz CT molecular complexity index is 543. The zero-order valence-electron chi connectivity index (χ0n) is 10.0. The van der Waals surface area contributed by atoms with Crippen molar-refractivity contribution in [1.29, 1.82) is 0 Å². The predicted molar refractivity (Wildman–Crippen MR) is 70.6 cm³/mol. The van der Waals surface area contributed by atoms with E-state index in [9.17, 15) is 14.7 Å². The molecule has 19 heavy (non-hydrogen) atoms. The first-order chi connectivity index (χ1) is 9.04. The zero-order valence-corrected chi connectivity index (χ0v) is 10.8. The Morgan fingerprint density at radius 1 is 1.58 bits per heavy atom. The van der Waals surface area contributed by atoms with E-state index < -0.39 is 18.1 Å². The van der Waals surface area contributed by atoms with Crippen molar-refractivity contribution in [2.24, 2.45) is 0 Å². The first-order valence-corrected chi connectivity index (χ1v) is 6.00. The van der Waals surface area contributed by atoms with Gasteiger partial charge in [-0.1, -0.05) is 24.3 Å². The number of ether oxygens (including phenoxy) is 1. The van der Waals surface area contributed by atoms with Crippen LogP contribution in [0, 0.1) is 0 Å². The van der Waals surface area contributed by atoms with Gasteiger partial charge in [-0.3, -0.25) is 4.90 Å². The molecular formula is C13H12ClNO4. The highest BCUT2D eigenvalue weighted by Gasteiger charge is 2.39. The standard InChI is InChI=1S/C13H12ClNO4/c1-2-5-19-13(18)15-10-4-3-9(14)6-8(10)7-11(15)12(16)17/h2-4,6,11H,1,5,7H2,(H,16,17)/t11-/m0/s1. The van der Waals surface area contributed by atoms with E-state index in [2.05, 4.69) is 6.58 Å². The normalized spacial score (nSPS) is 16.9. The molecule has 0 saturated heterocycles. The zero-order chi connectivity index (χ0) is 14.0. The number of anilines is 1. The van der Waals surface area contributed by atoms with Gasteiger partial charge in [0.2, 0.25) is 0 Å². The molecule has 0 unspecified atom stereocenters. The van der Waals surface area contributed by atoms with Crippen LogP contribution in [0.15, 0.2) is 30.9 Å². The largest absolute Gasteiger partial charge is 0.480 e. The molecule has 1 aromatic carbocycles. The molecular weight excluding hydrogens is 270 g/mol. The number of carboxylic acid groups (broad SMARTS) is 1. The molecule has 1 atom stereocenters. The number of fused-ring (bicyclic) bond motifs is 1. The fourth-order valence-electron chi connectivity index (χ4n) is 2.04. The molecule has 1 heterocycles. The first kappa shape index (κ1) is 13.4. The lowest BCUT2D eigenvalue weighted by Crippen LogP contribution is -2.43. The van der Waals surface area contributed by atoms with Crippen molar-refractivity contribution in [1.82, 2.24) is 0 Å². The molecule has 100 valence electrons. The first-order valence-electron chi connectivity index (χ1n) is 5.62. The summed E-state index contributed by atoms with van der Waals surface area (Å²) in [5.41, 5.74) is 1.24. The van der Waals surface area contributed by atoms with Gasteiger partial charge in [0.05, 0.1) is 5.69 Å². The highest BCUT2D eigenvalue weighted by atomic mass is 35.5. The summed E-state index contributed by atoms with van der Waals surface area (Å²) in [5.74, 6) is -1.08. The highest BCUT2D eigenvalue weighted by molar-refractivity contribution is 6.30. The molecule has 1 amide bonds. The number of amides is 1. The molecule has 1 aliphatic rings.